The maximum atomic E-state index is 12.6. The van der Waals surface area contributed by atoms with Gasteiger partial charge in [0.15, 0.2) is 5.76 Å². The van der Waals surface area contributed by atoms with Gasteiger partial charge in [0.25, 0.3) is 5.91 Å². The van der Waals surface area contributed by atoms with Crippen molar-refractivity contribution in [1.82, 2.24) is 15.1 Å². The van der Waals surface area contributed by atoms with Gasteiger partial charge in [0.05, 0.1) is 12.3 Å². The van der Waals surface area contributed by atoms with Gasteiger partial charge in [-0.05, 0) is 24.3 Å². The van der Waals surface area contributed by atoms with Gasteiger partial charge in [-0.15, -0.1) is 0 Å². The zero-order chi connectivity index (χ0) is 19.5. The SMILES string of the molecule is O=C(N[C@@H]1CC(=O)N(c2ccccc2)C1)N1CCN(C(=O)c2ccco2)CC1. The molecule has 0 aliphatic carbocycles. The summed E-state index contributed by atoms with van der Waals surface area (Å²) in [6.45, 7) is 2.26. The van der Waals surface area contributed by atoms with Crippen LogP contribution in [-0.4, -0.2) is 66.4 Å². The van der Waals surface area contributed by atoms with Crippen molar-refractivity contribution in [3.8, 4) is 0 Å². The molecule has 0 bridgehead atoms. The zero-order valence-electron chi connectivity index (χ0n) is 15.4. The number of carbonyl (C=O) groups is 3. The molecule has 0 unspecified atom stereocenters. The van der Waals surface area contributed by atoms with Crippen molar-refractivity contribution in [2.45, 2.75) is 12.5 Å². The Bertz CT molecular complexity index is 844. The molecule has 1 aromatic carbocycles. The highest BCUT2D eigenvalue weighted by molar-refractivity contribution is 5.96. The molecule has 2 fully saturated rings. The summed E-state index contributed by atoms with van der Waals surface area (Å²) < 4.78 is 5.15. The van der Waals surface area contributed by atoms with Crippen LogP contribution < -0.4 is 10.2 Å². The van der Waals surface area contributed by atoms with E-state index in [0.29, 0.717) is 38.5 Å². The molecule has 1 aromatic heterocycles. The van der Waals surface area contributed by atoms with Crippen molar-refractivity contribution < 1.29 is 18.8 Å². The summed E-state index contributed by atoms with van der Waals surface area (Å²) in [7, 11) is 0. The van der Waals surface area contributed by atoms with E-state index in [9.17, 15) is 14.4 Å². The van der Waals surface area contributed by atoms with E-state index in [-0.39, 0.29) is 30.3 Å². The molecule has 8 heteroatoms. The first-order chi connectivity index (χ1) is 13.6. The summed E-state index contributed by atoms with van der Waals surface area (Å²) in [6, 6.07) is 12.3. The van der Waals surface area contributed by atoms with Crippen molar-refractivity contribution in [3.63, 3.8) is 0 Å². The van der Waals surface area contributed by atoms with Crippen LogP contribution in [0.3, 0.4) is 0 Å². The molecule has 4 amide bonds. The third kappa shape index (κ3) is 3.71. The minimum absolute atomic E-state index is 0.00497. The molecular weight excluding hydrogens is 360 g/mol. The summed E-state index contributed by atoms with van der Waals surface area (Å²) >= 11 is 0. The molecule has 3 heterocycles. The molecule has 0 spiro atoms. The van der Waals surface area contributed by atoms with E-state index in [1.807, 2.05) is 30.3 Å². The van der Waals surface area contributed by atoms with Gasteiger partial charge in [0, 0.05) is 44.8 Å². The monoisotopic (exact) mass is 382 g/mol. The zero-order valence-corrected chi connectivity index (χ0v) is 15.4. The fourth-order valence-electron chi connectivity index (χ4n) is 3.60. The van der Waals surface area contributed by atoms with Crippen molar-refractivity contribution in [3.05, 3.63) is 54.5 Å². The van der Waals surface area contributed by atoms with Crippen LogP contribution in [0.1, 0.15) is 17.0 Å². The Hall–Kier alpha value is -3.29. The fraction of sp³-hybridized carbons (Fsp3) is 0.350. The number of rotatable bonds is 3. The lowest BCUT2D eigenvalue weighted by atomic mass is 10.2. The highest BCUT2D eigenvalue weighted by atomic mass is 16.3. The van der Waals surface area contributed by atoms with E-state index in [2.05, 4.69) is 5.32 Å². The Morgan fingerprint density at radius 2 is 1.68 bits per heavy atom. The topological polar surface area (TPSA) is 86.1 Å². The summed E-state index contributed by atoms with van der Waals surface area (Å²) in [5.41, 5.74) is 0.842. The normalized spacial score (nSPS) is 19.8. The van der Waals surface area contributed by atoms with Crippen LogP contribution in [0.4, 0.5) is 10.5 Å². The maximum absolute atomic E-state index is 12.6. The summed E-state index contributed by atoms with van der Waals surface area (Å²) in [5, 5.41) is 2.95. The van der Waals surface area contributed by atoms with Gasteiger partial charge >= 0.3 is 6.03 Å². The van der Waals surface area contributed by atoms with Gasteiger partial charge < -0.3 is 24.4 Å². The summed E-state index contributed by atoms with van der Waals surface area (Å²) in [6.07, 6.45) is 1.76. The van der Waals surface area contributed by atoms with E-state index >= 15 is 0 Å². The van der Waals surface area contributed by atoms with E-state index in [1.54, 1.807) is 26.8 Å². The maximum Gasteiger partial charge on any atom is 0.317 e. The molecule has 4 rings (SSSR count). The number of nitrogens with one attached hydrogen (secondary N) is 1. The number of furan rings is 1. The van der Waals surface area contributed by atoms with Crippen LogP contribution >= 0.6 is 0 Å². The van der Waals surface area contributed by atoms with Gasteiger partial charge in [-0.2, -0.15) is 0 Å². The van der Waals surface area contributed by atoms with Crippen LogP contribution in [0.15, 0.2) is 53.1 Å². The van der Waals surface area contributed by atoms with E-state index in [1.165, 1.54) is 6.26 Å². The number of carbonyl (C=O) groups excluding carboxylic acids is 3. The van der Waals surface area contributed by atoms with E-state index in [4.69, 9.17) is 4.42 Å². The van der Waals surface area contributed by atoms with Gasteiger partial charge in [0.1, 0.15) is 0 Å². The molecule has 146 valence electrons. The molecule has 0 radical (unpaired) electrons. The molecule has 1 N–H and O–H groups in total. The lowest BCUT2D eigenvalue weighted by molar-refractivity contribution is -0.117. The Kier molecular flexibility index (Phi) is 5.01. The quantitative estimate of drug-likeness (QED) is 0.873. The number of anilines is 1. The first-order valence-electron chi connectivity index (χ1n) is 9.35. The molecular formula is C20H22N4O4. The van der Waals surface area contributed by atoms with Crippen molar-refractivity contribution >= 4 is 23.5 Å². The van der Waals surface area contributed by atoms with Crippen molar-refractivity contribution in [2.24, 2.45) is 0 Å². The van der Waals surface area contributed by atoms with Gasteiger partial charge in [-0.1, -0.05) is 18.2 Å². The molecule has 8 nitrogen and oxygen atoms in total. The Balaban J connectivity index is 1.28. The molecule has 2 aliphatic heterocycles. The molecule has 28 heavy (non-hydrogen) atoms. The number of para-hydroxylation sites is 1. The average molecular weight is 382 g/mol. The Morgan fingerprint density at radius 3 is 2.36 bits per heavy atom. The van der Waals surface area contributed by atoms with Crippen molar-refractivity contribution in [1.29, 1.82) is 0 Å². The minimum Gasteiger partial charge on any atom is -0.459 e. The number of hydrogen-bond acceptors (Lipinski definition) is 4. The number of piperazine rings is 1. The van der Waals surface area contributed by atoms with Gasteiger partial charge in [-0.25, -0.2) is 4.79 Å². The third-order valence-electron chi connectivity index (χ3n) is 5.11. The first-order valence-corrected chi connectivity index (χ1v) is 9.35. The average Bonchev–Trinajstić information content (AvgIpc) is 3.38. The molecule has 0 saturated carbocycles. The summed E-state index contributed by atoms with van der Waals surface area (Å²) in [4.78, 5) is 42.2. The number of nitrogens with zero attached hydrogens (tertiary/aromatic N) is 3. The largest absolute Gasteiger partial charge is 0.459 e. The van der Waals surface area contributed by atoms with E-state index < -0.39 is 0 Å². The number of urea groups is 1. The van der Waals surface area contributed by atoms with Crippen LogP contribution in [0.5, 0.6) is 0 Å². The predicted molar refractivity (Wildman–Crippen MR) is 102 cm³/mol. The highest BCUT2D eigenvalue weighted by Gasteiger charge is 2.33. The second-order valence-electron chi connectivity index (χ2n) is 6.95. The molecule has 2 aliphatic rings. The number of benzene rings is 1. The Labute approximate surface area is 162 Å². The number of hydrogen-bond donors (Lipinski definition) is 1. The van der Waals surface area contributed by atoms with Crippen LogP contribution in [0.25, 0.3) is 0 Å². The molecule has 2 aromatic rings. The highest BCUT2D eigenvalue weighted by Crippen LogP contribution is 2.21. The standard InChI is InChI=1S/C20H22N4O4/c25-18-13-15(14-24(18)16-5-2-1-3-6-16)21-20(27)23-10-8-22(9-11-23)19(26)17-7-4-12-28-17/h1-7,12,15H,8-11,13-14H2,(H,21,27)/t15-/m1/s1. The Morgan fingerprint density at radius 1 is 0.964 bits per heavy atom. The van der Waals surface area contributed by atoms with Crippen LogP contribution in [0, 0.1) is 0 Å². The van der Waals surface area contributed by atoms with E-state index in [0.717, 1.165) is 5.69 Å². The second kappa shape index (κ2) is 7.75. The van der Waals surface area contributed by atoms with Crippen LogP contribution in [0.2, 0.25) is 0 Å². The third-order valence-corrected chi connectivity index (χ3v) is 5.11. The van der Waals surface area contributed by atoms with Crippen molar-refractivity contribution in [2.75, 3.05) is 37.6 Å². The molecule has 1 atom stereocenters. The lowest BCUT2D eigenvalue weighted by Crippen LogP contribution is -2.54. The summed E-state index contributed by atoms with van der Waals surface area (Å²) in [5.74, 6) is 0.152. The minimum atomic E-state index is -0.219. The predicted octanol–water partition coefficient (Wildman–Crippen LogP) is 1.55. The molecule has 2 saturated heterocycles. The number of amides is 4. The van der Waals surface area contributed by atoms with Gasteiger partial charge in [0.2, 0.25) is 5.91 Å². The second-order valence-corrected chi connectivity index (χ2v) is 6.95. The van der Waals surface area contributed by atoms with Crippen LogP contribution in [-0.2, 0) is 4.79 Å². The fourth-order valence-corrected chi connectivity index (χ4v) is 3.60. The first kappa shape index (κ1) is 18.1. The van der Waals surface area contributed by atoms with Gasteiger partial charge in [-0.3, -0.25) is 9.59 Å². The smallest absolute Gasteiger partial charge is 0.317 e. The lowest BCUT2D eigenvalue weighted by Gasteiger charge is -2.34.